The number of benzene rings is 1. The number of nitrogens with one attached hydrogen (secondary N) is 1. The molecule has 0 bridgehead atoms. The van der Waals surface area contributed by atoms with Gasteiger partial charge in [-0.2, -0.15) is 0 Å². The van der Waals surface area contributed by atoms with Crippen LogP contribution >= 0.6 is 11.6 Å². The molecule has 1 aromatic carbocycles. The molecule has 0 saturated heterocycles. The van der Waals surface area contributed by atoms with Crippen molar-refractivity contribution in [1.82, 2.24) is 5.32 Å². The van der Waals surface area contributed by atoms with Gasteiger partial charge >= 0.3 is 0 Å². The van der Waals surface area contributed by atoms with E-state index in [1.807, 2.05) is 24.3 Å². The van der Waals surface area contributed by atoms with Gasteiger partial charge in [-0.05, 0) is 11.6 Å². The molecule has 0 atom stereocenters. The first kappa shape index (κ1) is 15.4. The zero-order chi connectivity index (χ0) is 13.4. The van der Waals surface area contributed by atoms with Crippen molar-refractivity contribution in [1.29, 1.82) is 0 Å². The number of halogens is 1. The van der Waals surface area contributed by atoms with E-state index in [1.165, 1.54) is 6.26 Å². The summed E-state index contributed by atoms with van der Waals surface area (Å²) in [4.78, 5) is 0. The summed E-state index contributed by atoms with van der Waals surface area (Å²) in [6, 6.07) is 7.53. The molecule has 0 amide bonds. The summed E-state index contributed by atoms with van der Waals surface area (Å²) in [5, 5.41) is 3.70. The zero-order valence-electron chi connectivity index (χ0n) is 10.4. The normalized spacial score (nSPS) is 11.7. The Balaban J connectivity index is 2.08. The standard InChI is InChI=1S/C12H18ClNO3S/c1-18(15,16)9-7-14-6-8-17-10-11-4-2-3-5-12(11)13/h2-5,14H,6-10H2,1H3. The highest BCUT2D eigenvalue weighted by molar-refractivity contribution is 7.90. The van der Waals surface area contributed by atoms with Gasteiger partial charge in [0.1, 0.15) is 9.84 Å². The topological polar surface area (TPSA) is 55.4 Å². The Morgan fingerprint density at radius 3 is 2.67 bits per heavy atom. The van der Waals surface area contributed by atoms with Gasteiger partial charge < -0.3 is 10.1 Å². The Bertz CT molecular complexity index is 462. The zero-order valence-corrected chi connectivity index (χ0v) is 11.9. The van der Waals surface area contributed by atoms with E-state index in [0.717, 1.165) is 5.56 Å². The molecule has 0 aliphatic heterocycles. The predicted octanol–water partition coefficient (Wildman–Crippen LogP) is 1.49. The van der Waals surface area contributed by atoms with Crippen LogP contribution in [0.25, 0.3) is 0 Å². The molecule has 0 saturated carbocycles. The first-order valence-electron chi connectivity index (χ1n) is 5.68. The Morgan fingerprint density at radius 1 is 1.28 bits per heavy atom. The minimum atomic E-state index is -2.89. The van der Waals surface area contributed by atoms with E-state index in [1.54, 1.807) is 0 Å². The molecular formula is C12H18ClNO3S. The number of hydrogen-bond acceptors (Lipinski definition) is 4. The van der Waals surface area contributed by atoms with Gasteiger partial charge in [0.15, 0.2) is 0 Å². The van der Waals surface area contributed by atoms with Crippen molar-refractivity contribution in [2.75, 3.05) is 31.7 Å². The van der Waals surface area contributed by atoms with Gasteiger partial charge in [-0.25, -0.2) is 8.42 Å². The van der Waals surface area contributed by atoms with E-state index in [0.29, 0.717) is 31.3 Å². The Hall–Kier alpha value is -0.620. The van der Waals surface area contributed by atoms with E-state index >= 15 is 0 Å². The number of rotatable bonds is 8. The van der Waals surface area contributed by atoms with Crippen LogP contribution < -0.4 is 5.32 Å². The fraction of sp³-hybridized carbons (Fsp3) is 0.500. The number of sulfone groups is 1. The van der Waals surface area contributed by atoms with Crippen molar-refractivity contribution < 1.29 is 13.2 Å². The minimum absolute atomic E-state index is 0.150. The van der Waals surface area contributed by atoms with Crippen LogP contribution in [0.2, 0.25) is 5.02 Å². The highest BCUT2D eigenvalue weighted by atomic mass is 35.5. The van der Waals surface area contributed by atoms with E-state index < -0.39 is 9.84 Å². The summed E-state index contributed by atoms with van der Waals surface area (Å²) in [5.74, 6) is 0.150. The summed E-state index contributed by atoms with van der Waals surface area (Å²) in [6.07, 6.45) is 1.22. The molecule has 0 spiro atoms. The summed E-state index contributed by atoms with van der Waals surface area (Å²) in [6.45, 7) is 2.07. The molecule has 1 rings (SSSR count). The predicted molar refractivity (Wildman–Crippen MR) is 73.7 cm³/mol. The van der Waals surface area contributed by atoms with Crippen molar-refractivity contribution >= 4 is 21.4 Å². The van der Waals surface area contributed by atoms with Crippen molar-refractivity contribution in [3.05, 3.63) is 34.9 Å². The molecule has 18 heavy (non-hydrogen) atoms. The summed E-state index contributed by atoms with van der Waals surface area (Å²) in [5.41, 5.74) is 0.954. The first-order valence-corrected chi connectivity index (χ1v) is 8.12. The van der Waals surface area contributed by atoms with Gasteiger partial charge in [0.05, 0.1) is 19.0 Å². The minimum Gasteiger partial charge on any atom is -0.375 e. The lowest BCUT2D eigenvalue weighted by Gasteiger charge is -2.07. The smallest absolute Gasteiger partial charge is 0.148 e. The highest BCUT2D eigenvalue weighted by Crippen LogP contribution is 2.15. The monoisotopic (exact) mass is 291 g/mol. The molecule has 0 aromatic heterocycles. The lowest BCUT2D eigenvalue weighted by atomic mass is 10.2. The molecule has 0 unspecified atom stereocenters. The van der Waals surface area contributed by atoms with Gasteiger partial charge in [-0.3, -0.25) is 0 Å². The third kappa shape index (κ3) is 6.96. The van der Waals surface area contributed by atoms with Gasteiger partial charge in [0.2, 0.25) is 0 Å². The van der Waals surface area contributed by atoms with E-state index in [2.05, 4.69) is 5.32 Å². The quantitative estimate of drug-likeness (QED) is 0.737. The van der Waals surface area contributed by atoms with Crippen molar-refractivity contribution in [3.63, 3.8) is 0 Å². The maximum atomic E-state index is 10.9. The Labute approximate surface area is 113 Å². The van der Waals surface area contributed by atoms with E-state index in [9.17, 15) is 8.42 Å². The van der Waals surface area contributed by atoms with E-state index in [4.69, 9.17) is 16.3 Å². The molecule has 0 radical (unpaired) electrons. The molecular weight excluding hydrogens is 274 g/mol. The average molecular weight is 292 g/mol. The second-order valence-corrected chi connectivity index (χ2v) is 6.69. The second-order valence-electron chi connectivity index (χ2n) is 4.02. The molecule has 0 heterocycles. The van der Waals surface area contributed by atoms with Gasteiger partial charge in [0.25, 0.3) is 0 Å². The summed E-state index contributed by atoms with van der Waals surface area (Å²) >= 11 is 5.97. The SMILES string of the molecule is CS(=O)(=O)CCNCCOCc1ccccc1Cl. The molecule has 102 valence electrons. The fourth-order valence-corrected chi connectivity index (χ4v) is 2.03. The van der Waals surface area contributed by atoms with Crippen LogP contribution in [-0.2, 0) is 21.2 Å². The van der Waals surface area contributed by atoms with E-state index in [-0.39, 0.29) is 5.75 Å². The second kappa shape index (κ2) is 7.74. The van der Waals surface area contributed by atoms with Crippen molar-refractivity contribution in [2.45, 2.75) is 6.61 Å². The Morgan fingerprint density at radius 2 is 2.00 bits per heavy atom. The van der Waals surface area contributed by atoms with Crippen LogP contribution in [0.4, 0.5) is 0 Å². The lowest BCUT2D eigenvalue weighted by molar-refractivity contribution is 0.123. The maximum absolute atomic E-state index is 10.9. The van der Waals surface area contributed by atoms with Gasteiger partial charge in [0, 0.05) is 24.4 Å². The van der Waals surface area contributed by atoms with Crippen LogP contribution in [0.1, 0.15) is 5.56 Å². The van der Waals surface area contributed by atoms with Crippen molar-refractivity contribution in [3.8, 4) is 0 Å². The third-order valence-corrected chi connectivity index (χ3v) is 3.60. The summed E-state index contributed by atoms with van der Waals surface area (Å²) in [7, 11) is -2.89. The van der Waals surface area contributed by atoms with Crippen molar-refractivity contribution in [2.24, 2.45) is 0 Å². The fourth-order valence-electron chi connectivity index (χ4n) is 1.32. The van der Waals surface area contributed by atoms with Crippen LogP contribution in [0, 0.1) is 0 Å². The maximum Gasteiger partial charge on any atom is 0.148 e. The third-order valence-electron chi connectivity index (χ3n) is 2.29. The van der Waals surface area contributed by atoms with Crippen LogP contribution in [0.15, 0.2) is 24.3 Å². The molecule has 0 aliphatic rings. The summed E-state index contributed by atoms with van der Waals surface area (Å²) < 4.78 is 27.1. The van der Waals surface area contributed by atoms with Gasteiger partial charge in [-0.1, -0.05) is 29.8 Å². The van der Waals surface area contributed by atoms with Gasteiger partial charge in [-0.15, -0.1) is 0 Å². The molecule has 6 heteroatoms. The lowest BCUT2D eigenvalue weighted by Crippen LogP contribution is -2.25. The van der Waals surface area contributed by atoms with Crippen LogP contribution in [0.5, 0.6) is 0 Å². The van der Waals surface area contributed by atoms with Crippen LogP contribution in [0.3, 0.4) is 0 Å². The molecule has 1 N–H and O–H groups in total. The number of hydrogen-bond donors (Lipinski definition) is 1. The first-order chi connectivity index (χ1) is 8.49. The molecule has 4 nitrogen and oxygen atoms in total. The molecule has 1 aromatic rings. The average Bonchev–Trinajstić information content (AvgIpc) is 2.28. The van der Waals surface area contributed by atoms with Crippen LogP contribution in [-0.4, -0.2) is 40.1 Å². The molecule has 0 aliphatic carbocycles. The molecule has 0 fully saturated rings. The largest absolute Gasteiger partial charge is 0.375 e. The highest BCUT2D eigenvalue weighted by Gasteiger charge is 2.01. The Kier molecular flexibility index (Phi) is 6.63. The number of ether oxygens (including phenoxy) is 1.